The van der Waals surface area contributed by atoms with E-state index in [0.717, 1.165) is 54.3 Å². The van der Waals surface area contributed by atoms with Crippen LogP contribution in [0, 0.1) is 0 Å². The second kappa shape index (κ2) is 11.3. The summed E-state index contributed by atoms with van der Waals surface area (Å²) >= 11 is 0. The highest BCUT2D eigenvalue weighted by atomic mass is 35.5. The normalized spacial score (nSPS) is 13.3. The summed E-state index contributed by atoms with van der Waals surface area (Å²) in [7, 11) is 1.68. The molecule has 0 N–H and O–H groups in total. The van der Waals surface area contributed by atoms with Gasteiger partial charge in [0.2, 0.25) is 0 Å². The Bertz CT molecular complexity index is 1320. The van der Waals surface area contributed by atoms with Crippen LogP contribution < -0.4 is 19.3 Å². The summed E-state index contributed by atoms with van der Waals surface area (Å²) in [6.07, 6.45) is 1.73. The summed E-state index contributed by atoms with van der Waals surface area (Å²) in [5.74, 6) is 1.59. The molecule has 0 radical (unpaired) electrons. The highest BCUT2D eigenvalue weighted by Crippen LogP contribution is 2.33. The van der Waals surface area contributed by atoms with Crippen molar-refractivity contribution in [2.45, 2.75) is 6.92 Å². The van der Waals surface area contributed by atoms with E-state index >= 15 is 0 Å². The Balaban J connectivity index is 0.00000304. The summed E-state index contributed by atoms with van der Waals surface area (Å²) < 4.78 is 10.8. The van der Waals surface area contributed by atoms with E-state index in [1.807, 2.05) is 61.5 Å². The van der Waals surface area contributed by atoms with Crippen molar-refractivity contribution >= 4 is 40.5 Å². The Morgan fingerprint density at radius 3 is 2.17 bits per heavy atom. The number of carbonyl (C=O) groups excluding carboxylic acids is 1. The van der Waals surface area contributed by atoms with Crippen LogP contribution in [0.2, 0.25) is 0 Å². The lowest BCUT2D eigenvalue weighted by Crippen LogP contribution is -2.47. The number of hydrogen-bond acceptors (Lipinski definition) is 6. The number of nitrogens with zero attached hydrogens (tertiary/aromatic N) is 3. The fourth-order valence-corrected chi connectivity index (χ4v) is 4.64. The fourth-order valence-electron chi connectivity index (χ4n) is 4.64. The molecule has 0 saturated carbocycles. The molecule has 0 amide bonds. The minimum atomic E-state index is -0.0288. The standard InChI is InChI=1S/C29H29N3O3.ClH/c1-3-35-24-12-8-21(9-13-24)29(33)26-20-30-27-7-5-4-6-25(27)28(26)32-18-16-31(17-19-32)22-10-14-23(34-2)15-11-22;/h4-15,20H,3,16-19H2,1-2H3;1H. The Labute approximate surface area is 217 Å². The maximum atomic E-state index is 13.6. The molecule has 7 heteroatoms. The van der Waals surface area contributed by atoms with E-state index < -0.39 is 0 Å². The van der Waals surface area contributed by atoms with Gasteiger partial charge < -0.3 is 19.3 Å². The lowest BCUT2D eigenvalue weighted by molar-refractivity contribution is 0.103. The van der Waals surface area contributed by atoms with Gasteiger partial charge in [-0.2, -0.15) is 0 Å². The average molecular weight is 504 g/mol. The zero-order valence-electron chi connectivity index (χ0n) is 20.5. The molecule has 0 unspecified atom stereocenters. The minimum Gasteiger partial charge on any atom is -0.497 e. The van der Waals surface area contributed by atoms with Crippen LogP contribution in [0.25, 0.3) is 10.9 Å². The molecule has 1 fully saturated rings. The van der Waals surface area contributed by atoms with Crippen LogP contribution in [0.5, 0.6) is 11.5 Å². The number of halogens is 1. The van der Waals surface area contributed by atoms with Gasteiger partial charge in [0.15, 0.2) is 5.78 Å². The minimum absolute atomic E-state index is 0. The predicted molar refractivity (Wildman–Crippen MR) is 147 cm³/mol. The smallest absolute Gasteiger partial charge is 0.196 e. The Morgan fingerprint density at radius 1 is 0.861 bits per heavy atom. The van der Waals surface area contributed by atoms with E-state index in [2.05, 4.69) is 33.0 Å². The van der Waals surface area contributed by atoms with Gasteiger partial charge in [-0.15, -0.1) is 12.4 Å². The van der Waals surface area contributed by atoms with Gasteiger partial charge >= 0.3 is 0 Å². The molecular formula is C29H30ClN3O3. The zero-order chi connectivity index (χ0) is 24.2. The van der Waals surface area contributed by atoms with Crippen LogP contribution in [0.15, 0.2) is 79.0 Å². The van der Waals surface area contributed by atoms with Crippen LogP contribution in [0.4, 0.5) is 11.4 Å². The van der Waals surface area contributed by atoms with Crippen molar-refractivity contribution in [1.29, 1.82) is 0 Å². The van der Waals surface area contributed by atoms with E-state index in [1.165, 1.54) is 5.69 Å². The number of aromatic nitrogens is 1. The molecule has 2 heterocycles. The molecule has 0 bridgehead atoms. The molecule has 1 aromatic heterocycles. The molecule has 1 aliphatic rings. The molecule has 0 atom stereocenters. The lowest BCUT2D eigenvalue weighted by Gasteiger charge is -2.38. The molecular weight excluding hydrogens is 474 g/mol. The highest BCUT2D eigenvalue weighted by Gasteiger charge is 2.25. The van der Waals surface area contributed by atoms with Gasteiger partial charge in [0.1, 0.15) is 11.5 Å². The highest BCUT2D eigenvalue weighted by molar-refractivity contribution is 6.16. The molecule has 3 aromatic carbocycles. The molecule has 0 spiro atoms. The summed E-state index contributed by atoms with van der Waals surface area (Å²) in [6.45, 7) is 5.88. The number of methoxy groups -OCH3 is 1. The molecule has 36 heavy (non-hydrogen) atoms. The topological polar surface area (TPSA) is 54.9 Å². The first-order chi connectivity index (χ1) is 17.2. The van der Waals surface area contributed by atoms with E-state index in [-0.39, 0.29) is 18.2 Å². The lowest BCUT2D eigenvalue weighted by atomic mass is 9.99. The average Bonchev–Trinajstić information content (AvgIpc) is 2.93. The van der Waals surface area contributed by atoms with Crippen molar-refractivity contribution in [3.8, 4) is 11.5 Å². The molecule has 1 aliphatic heterocycles. The molecule has 0 aliphatic carbocycles. The van der Waals surface area contributed by atoms with Gasteiger partial charge in [0.25, 0.3) is 0 Å². The number of hydrogen-bond donors (Lipinski definition) is 0. The third-order valence-corrected chi connectivity index (χ3v) is 6.45. The SMILES string of the molecule is CCOc1ccc(C(=O)c2cnc3ccccc3c2N2CCN(c3ccc(OC)cc3)CC2)cc1.Cl. The first-order valence-electron chi connectivity index (χ1n) is 12.0. The Hall–Kier alpha value is -3.77. The van der Waals surface area contributed by atoms with Crippen molar-refractivity contribution in [2.75, 3.05) is 49.7 Å². The van der Waals surface area contributed by atoms with E-state index in [0.29, 0.717) is 17.7 Å². The Kier molecular flexibility index (Phi) is 7.96. The molecule has 6 nitrogen and oxygen atoms in total. The number of benzene rings is 3. The van der Waals surface area contributed by atoms with Crippen molar-refractivity contribution in [3.05, 3.63) is 90.1 Å². The third kappa shape index (κ3) is 5.09. The maximum absolute atomic E-state index is 13.6. The van der Waals surface area contributed by atoms with Gasteiger partial charge in [0, 0.05) is 49.0 Å². The fraction of sp³-hybridized carbons (Fsp3) is 0.241. The zero-order valence-corrected chi connectivity index (χ0v) is 21.3. The quantitative estimate of drug-likeness (QED) is 0.305. The van der Waals surface area contributed by atoms with Gasteiger partial charge in [-0.1, -0.05) is 18.2 Å². The number of carbonyl (C=O) groups is 1. The number of ketones is 1. The first kappa shape index (κ1) is 25.3. The van der Waals surface area contributed by atoms with E-state index in [4.69, 9.17) is 9.47 Å². The summed E-state index contributed by atoms with van der Waals surface area (Å²) in [5.41, 5.74) is 4.29. The summed E-state index contributed by atoms with van der Waals surface area (Å²) in [6, 6.07) is 23.6. The first-order valence-corrected chi connectivity index (χ1v) is 12.0. The van der Waals surface area contributed by atoms with Crippen LogP contribution in [-0.2, 0) is 0 Å². The number of para-hydroxylation sites is 1. The summed E-state index contributed by atoms with van der Waals surface area (Å²) in [4.78, 5) is 22.9. The van der Waals surface area contributed by atoms with Crippen LogP contribution >= 0.6 is 12.4 Å². The number of fused-ring (bicyclic) bond motifs is 1. The van der Waals surface area contributed by atoms with Crippen molar-refractivity contribution in [2.24, 2.45) is 0 Å². The summed E-state index contributed by atoms with van der Waals surface area (Å²) in [5, 5.41) is 1.00. The van der Waals surface area contributed by atoms with Gasteiger partial charge in [-0.25, -0.2) is 0 Å². The number of piperazine rings is 1. The van der Waals surface area contributed by atoms with E-state index in [1.54, 1.807) is 13.3 Å². The van der Waals surface area contributed by atoms with Crippen LogP contribution in [0.1, 0.15) is 22.8 Å². The monoisotopic (exact) mass is 503 g/mol. The second-order valence-electron chi connectivity index (χ2n) is 8.50. The van der Waals surface area contributed by atoms with Gasteiger partial charge in [-0.05, 0) is 61.5 Å². The van der Waals surface area contributed by atoms with Gasteiger partial charge in [0.05, 0.1) is 30.5 Å². The van der Waals surface area contributed by atoms with E-state index in [9.17, 15) is 4.79 Å². The van der Waals surface area contributed by atoms with Gasteiger partial charge in [-0.3, -0.25) is 9.78 Å². The van der Waals surface area contributed by atoms with Crippen LogP contribution in [-0.4, -0.2) is 50.7 Å². The molecule has 5 rings (SSSR count). The number of pyridine rings is 1. The number of anilines is 2. The third-order valence-electron chi connectivity index (χ3n) is 6.45. The van der Waals surface area contributed by atoms with Crippen molar-refractivity contribution in [1.82, 2.24) is 4.98 Å². The predicted octanol–water partition coefficient (Wildman–Crippen LogP) is 5.62. The molecule has 1 saturated heterocycles. The molecule has 4 aromatic rings. The Morgan fingerprint density at radius 2 is 1.50 bits per heavy atom. The van der Waals surface area contributed by atoms with Crippen molar-refractivity contribution < 1.29 is 14.3 Å². The molecule has 186 valence electrons. The second-order valence-corrected chi connectivity index (χ2v) is 8.50. The largest absolute Gasteiger partial charge is 0.497 e. The van der Waals surface area contributed by atoms with Crippen molar-refractivity contribution in [3.63, 3.8) is 0 Å². The maximum Gasteiger partial charge on any atom is 0.196 e. The number of ether oxygens (including phenoxy) is 2. The van der Waals surface area contributed by atoms with Crippen LogP contribution in [0.3, 0.4) is 0 Å². The number of rotatable bonds is 7.